The number of nitrogens with zero attached hydrogens (tertiary/aromatic N) is 4. The molecule has 2 aromatic rings. The first-order chi connectivity index (χ1) is 7.25. The third-order valence-corrected chi connectivity index (χ3v) is 2.87. The quantitative estimate of drug-likeness (QED) is 0.717. The summed E-state index contributed by atoms with van der Waals surface area (Å²) in [6.45, 7) is 0.802. The second-order valence-electron chi connectivity index (χ2n) is 4.15. The predicted octanol–water partition coefficient (Wildman–Crippen LogP) is 0.540. The SMILES string of the molecule is Cn1ncc2c(=O)n(CC3CC3)cnc21. The zero-order valence-electron chi connectivity index (χ0n) is 8.55. The van der Waals surface area contributed by atoms with E-state index in [1.54, 1.807) is 28.8 Å². The Hall–Kier alpha value is -1.65. The number of hydrogen-bond donors (Lipinski definition) is 0. The second-order valence-corrected chi connectivity index (χ2v) is 4.15. The van der Waals surface area contributed by atoms with Crippen LogP contribution in [-0.2, 0) is 13.6 Å². The average Bonchev–Trinajstić information content (AvgIpc) is 2.95. The van der Waals surface area contributed by atoms with E-state index in [-0.39, 0.29) is 5.56 Å². The van der Waals surface area contributed by atoms with Crippen LogP contribution < -0.4 is 5.56 Å². The van der Waals surface area contributed by atoms with E-state index in [0.717, 1.165) is 6.54 Å². The molecule has 3 rings (SSSR count). The normalized spacial score (nSPS) is 16.1. The zero-order valence-corrected chi connectivity index (χ0v) is 8.55. The van der Waals surface area contributed by atoms with Crippen LogP contribution in [0.4, 0.5) is 0 Å². The first-order valence-electron chi connectivity index (χ1n) is 5.13. The molecule has 0 saturated heterocycles. The largest absolute Gasteiger partial charge is 0.298 e. The summed E-state index contributed by atoms with van der Waals surface area (Å²) in [4.78, 5) is 16.2. The van der Waals surface area contributed by atoms with Crippen LogP contribution in [0.1, 0.15) is 12.8 Å². The summed E-state index contributed by atoms with van der Waals surface area (Å²) < 4.78 is 3.32. The minimum Gasteiger partial charge on any atom is -0.298 e. The van der Waals surface area contributed by atoms with E-state index in [0.29, 0.717) is 17.0 Å². The molecule has 2 aromatic heterocycles. The third kappa shape index (κ3) is 1.35. The smallest absolute Gasteiger partial charge is 0.264 e. The lowest BCUT2D eigenvalue weighted by Gasteiger charge is -2.02. The maximum Gasteiger partial charge on any atom is 0.264 e. The van der Waals surface area contributed by atoms with Gasteiger partial charge in [-0.1, -0.05) is 0 Å². The molecule has 0 aromatic carbocycles. The van der Waals surface area contributed by atoms with Crippen molar-refractivity contribution in [1.82, 2.24) is 19.3 Å². The molecule has 0 bridgehead atoms. The minimum absolute atomic E-state index is 0.0278. The van der Waals surface area contributed by atoms with Crippen molar-refractivity contribution in [3.8, 4) is 0 Å². The highest BCUT2D eigenvalue weighted by atomic mass is 16.1. The van der Waals surface area contributed by atoms with Crippen molar-refractivity contribution in [2.45, 2.75) is 19.4 Å². The second kappa shape index (κ2) is 2.92. The molecule has 0 radical (unpaired) electrons. The van der Waals surface area contributed by atoms with E-state index < -0.39 is 0 Å². The Bertz CT molecular complexity index is 564. The highest BCUT2D eigenvalue weighted by Crippen LogP contribution is 2.29. The van der Waals surface area contributed by atoms with Crippen LogP contribution in [-0.4, -0.2) is 19.3 Å². The van der Waals surface area contributed by atoms with E-state index in [1.807, 2.05) is 0 Å². The molecule has 0 unspecified atom stereocenters. The van der Waals surface area contributed by atoms with Crippen LogP contribution in [0.3, 0.4) is 0 Å². The standard InChI is InChI=1S/C10H12N4O/c1-13-9-8(4-12-13)10(15)14(6-11-9)5-7-2-3-7/h4,6-7H,2-3,5H2,1H3. The molecule has 5 heteroatoms. The Labute approximate surface area is 86.3 Å². The van der Waals surface area contributed by atoms with Crippen LogP contribution in [0, 0.1) is 5.92 Å². The van der Waals surface area contributed by atoms with E-state index >= 15 is 0 Å². The van der Waals surface area contributed by atoms with E-state index in [4.69, 9.17) is 0 Å². The van der Waals surface area contributed by atoms with Crippen molar-refractivity contribution in [1.29, 1.82) is 0 Å². The summed E-state index contributed by atoms with van der Waals surface area (Å²) in [5.41, 5.74) is 0.687. The molecule has 0 amide bonds. The van der Waals surface area contributed by atoms with E-state index in [2.05, 4.69) is 10.1 Å². The molecule has 78 valence electrons. The lowest BCUT2D eigenvalue weighted by Crippen LogP contribution is -2.21. The lowest BCUT2D eigenvalue weighted by atomic mass is 10.4. The van der Waals surface area contributed by atoms with Gasteiger partial charge in [-0.25, -0.2) is 4.98 Å². The molecule has 15 heavy (non-hydrogen) atoms. The maximum absolute atomic E-state index is 12.0. The monoisotopic (exact) mass is 204 g/mol. The van der Waals surface area contributed by atoms with Crippen LogP contribution in [0.25, 0.3) is 11.0 Å². The average molecular weight is 204 g/mol. The van der Waals surface area contributed by atoms with Gasteiger partial charge in [-0.3, -0.25) is 14.0 Å². The summed E-state index contributed by atoms with van der Waals surface area (Å²) in [5.74, 6) is 0.679. The Balaban J connectivity index is 2.16. The topological polar surface area (TPSA) is 52.7 Å². The Kier molecular flexibility index (Phi) is 1.68. The van der Waals surface area contributed by atoms with Crippen LogP contribution in [0.2, 0.25) is 0 Å². The molecule has 2 heterocycles. The van der Waals surface area contributed by atoms with Crippen molar-refractivity contribution in [2.75, 3.05) is 0 Å². The number of fused-ring (bicyclic) bond motifs is 1. The first kappa shape index (κ1) is 8.64. The van der Waals surface area contributed by atoms with E-state index in [1.165, 1.54) is 12.8 Å². The number of aryl methyl sites for hydroxylation is 1. The molecule has 5 nitrogen and oxygen atoms in total. The molecule has 1 aliphatic carbocycles. The van der Waals surface area contributed by atoms with Gasteiger partial charge in [0.05, 0.1) is 12.5 Å². The van der Waals surface area contributed by atoms with Gasteiger partial charge in [-0.05, 0) is 18.8 Å². The van der Waals surface area contributed by atoms with Gasteiger partial charge in [-0.15, -0.1) is 0 Å². The van der Waals surface area contributed by atoms with Gasteiger partial charge >= 0.3 is 0 Å². The number of aromatic nitrogens is 4. The number of hydrogen-bond acceptors (Lipinski definition) is 3. The van der Waals surface area contributed by atoms with Crippen molar-refractivity contribution >= 4 is 11.0 Å². The van der Waals surface area contributed by atoms with Crippen molar-refractivity contribution in [3.63, 3.8) is 0 Å². The van der Waals surface area contributed by atoms with Gasteiger partial charge in [0.25, 0.3) is 5.56 Å². The molecule has 1 saturated carbocycles. The van der Waals surface area contributed by atoms with Crippen molar-refractivity contribution < 1.29 is 0 Å². The van der Waals surface area contributed by atoms with E-state index in [9.17, 15) is 4.79 Å². The van der Waals surface area contributed by atoms with Gasteiger partial charge < -0.3 is 0 Å². The Morgan fingerprint density at radius 3 is 3.07 bits per heavy atom. The van der Waals surface area contributed by atoms with Crippen LogP contribution in [0.15, 0.2) is 17.3 Å². The predicted molar refractivity (Wildman–Crippen MR) is 55.5 cm³/mol. The molecular formula is C10H12N4O. The summed E-state index contributed by atoms with van der Waals surface area (Å²) in [5, 5.41) is 4.65. The maximum atomic E-state index is 12.0. The molecular weight excluding hydrogens is 192 g/mol. The summed E-state index contributed by atoms with van der Waals surface area (Å²) in [6.07, 6.45) is 5.69. The summed E-state index contributed by atoms with van der Waals surface area (Å²) in [6, 6.07) is 0. The fourth-order valence-electron chi connectivity index (χ4n) is 1.78. The molecule has 0 atom stereocenters. The minimum atomic E-state index is 0.0278. The first-order valence-corrected chi connectivity index (χ1v) is 5.13. The Morgan fingerprint density at radius 2 is 2.33 bits per heavy atom. The highest BCUT2D eigenvalue weighted by Gasteiger charge is 2.22. The molecule has 0 aliphatic heterocycles. The molecule has 1 fully saturated rings. The van der Waals surface area contributed by atoms with Crippen molar-refractivity contribution in [3.05, 3.63) is 22.9 Å². The van der Waals surface area contributed by atoms with Gasteiger partial charge in [0, 0.05) is 13.6 Å². The molecule has 1 aliphatic rings. The fourth-order valence-corrected chi connectivity index (χ4v) is 1.78. The lowest BCUT2D eigenvalue weighted by molar-refractivity contribution is 0.600. The third-order valence-electron chi connectivity index (χ3n) is 2.87. The Morgan fingerprint density at radius 1 is 1.53 bits per heavy atom. The highest BCUT2D eigenvalue weighted by molar-refractivity contribution is 5.72. The van der Waals surface area contributed by atoms with Crippen LogP contribution >= 0.6 is 0 Å². The zero-order chi connectivity index (χ0) is 10.4. The summed E-state index contributed by atoms with van der Waals surface area (Å²) >= 11 is 0. The van der Waals surface area contributed by atoms with Gasteiger partial charge in [0.2, 0.25) is 0 Å². The van der Waals surface area contributed by atoms with Gasteiger partial charge in [0.15, 0.2) is 5.65 Å². The van der Waals surface area contributed by atoms with Gasteiger partial charge in [0.1, 0.15) is 5.39 Å². The van der Waals surface area contributed by atoms with Gasteiger partial charge in [-0.2, -0.15) is 5.10 Å². The molecule has 0 spiro atoms. The number of rotatable bonds is 2. The van der Waals surface area contributed by atoms with Crippen molar-refractivity contribution in [2.24, 2.45) is 13.0 Å². The van der Waals surface area contributed by atoms with Crippen LogP contribution in [0.5, 0.6) is 0 Å². The summed E-state index contributed by atoms with van der Waals surface area (Å²) in [7, 11) is 1.79. The fraction of sp³-hybridized carbons (Fsp3) is 0.500. The molecule has 0 N–H and O–H groups in total.